The normalized spacial score (nSPS) is 24.1. The number of ether oxygens (including phenoxy) is 1. The minimum Gasteiger partial charge on any atom is -0.465 e. The van der Waals surface area contributed by atoms with Crippen molar-refractivity contribution >= 4 is 23.2 Å². The number of allylic oxidation sites excluding steroid dienone is 4. The number of rotatable bonds is 3. The molecule has 35 heavy (non-hydrogen) atoms. The van der Waals surface area contributed by atoms with Gasteiger partial charge in [0, 0.05) is 47.8 Å². The van der Waals surface area contributed by atoms with Crippen molar-refractivity contribution in [1.82, 2.24) is 0 Å². The second kappa shape index (κ2) is 8.98. The molecule has 3 nitrogen and oxygen atoms in total. The Morgan fingerprint density at radius 1 is 0.571 bits per heavy atom. The molecule has 0 spiro atoms. The Balaban J connectivity index is 1.44. The van der Waals surface area contributed by atoms with E-state index in [-0.39, 0.29) is 23.4 Å². The fourth-order valence-corrected chi connectivity index (χ4v) is 5.96. The molecule has 1 unspecified atom stereocenters. The van der Waals surface area contributed by atoms with E-state index in [2.05, 4.69) is 24.3 Å². The SMILES string of the molecule is O=C1C[C@@H](c2ccccc2)CC2=C1C(c1ccc(Cl)cc1)C1=C(C[C@@H](c3ccccc3)CC1=O)O2. The van der Waals surface area contributed by atoms with Crippen LogP contribution in [0.5, 0.6) is 0 Å². The number of hydrogen-bond donors (Lipinski definition) is 0. The third kappa shape index (κ3) is 4.04. The van der Waals surface area contributed by atoms with Gasteiger partial charge in [0.2, 0.25) is 0 Å². The highest BCUT2D eigenvalue weighted by molar-refractivity contribution is 6.30. The number of halogens is 1. The Morgan fingerprint density at radius 3 is 1.49 bits per heavy atom. The third-order valence-corrected chi connectivity index (χ3v) is 7.75. The summed E-state index contributed by atoms with van der Waals surface area (Å²) < 4.78 is 6.51. The molecule has 0 aromatic heterocycles. The number of carbonyl (C=O) groups excluding carboxylic acids is 2. The van der Waals surface area contributed by atoms with Gasteiger partial charge in [0.1, 0.15) is 11.5 Å². The molecule has 0 fully saturated rings. The lowest BCUT2D eigenvalue weighted by atomic mass is 9.69. The lowest BCUT2D eigenvalue weighted by Gasteiger charge is -2.39. The Morgan fingerprint density at radius 2 is 1.03 bits per heavy atom. The van der Waals surface area contributed by atoms with Crippen LogP contribution in [-0.4, -0.2) is 11.6 Å². The van der Waals surface area contributed by atoms with Crippen LogP contribution in [0, 0.1) is 0 Å². The molecule has 0 N–H and O–H groups in total. The van der Waals surface area contributed by atoms with E-state index >= 15 is 0 Å². The monoisotopic (exact) mass is 480 g/mol. The highest BCUT2D eigenvalue weighted by atomic mass is 35.5. The quantitative estimate of drug-likeness (QED) is 0.396. The Bertz CT molecular complexity index is 1270. The van der Waals surface area contributed by atoms with Gasteiger partial charge in [0.15, 0.2) is 11.6 Å². The molecule has 4 heteroatoms. The van der Waals surface area contributed by atoms with Gasteiger partial charge in [-0.15, -0.1) is 0 Å². The average Bonchev–Trinajstić information content (AvgIpc) is 2.89. The zero-order valence-electron chi connectivity index (χ0n) is 19.2. The van der Waals surface area contributed by atoms with Gasteiger partial charge in [-0.1, -0.05) is 84.4 Å². The van der Waals surface area contributed by atoms with Gasteiger partial charge in [-0.05, 0) is 40.7 Å². The molecule has 1 aliphatic heterocycles. The lowest BCUT2D eigenvalue weighted by molar-refractivity contribution is -0.118. The molecular weight excluding hydrogens is 456 g/mol. The number of Topliss-reactive ketones (excluding diaryl/α,β-unsaturated/α-hetero) is 2. The average molecular weight is 481 g/mol. The first kappa shape index (κ1) is 22.1. The summed E-state index contributed by atoms with van der Waals surface area (Å²) in [5, 5.41) is 0.627. The van der Waals surface area contributed by atoms with Crippen LogP contribution in [-0.2, 0) is 14.3 Å². The van der Waals surface area contributed by atoms with Crippen LogP contribution in [0.15, 0.2) is 108 Å². The van der Waals surface area contributed by atoms with E-state index in [1.54, 1.807) is 0 Å². The topological polar surface area (TPSA) is 43.4 Å². The Hall–Kier alpha value is -3.43. The largest absolute Gasteiger partial charge is 0.465 e. The molecule has 2 aliphatic carbocycles. The summed E-state index contributed by atoms with van der Waals surface area (Å²) >= 11 is 6.17. The molecule has 0 amide bonds. The van der Waals surface area contributed by atoms with E-state index in [9.17, 15) is 9.59 Å². The zero-order chi connectivity index (χ0) is 23.9. The van der Waals surface area contributed by atoms with Crippen LogP contribution in [0.1, 0.15) is 60.1 Å². The summed E-state index contributed by atoms with van der Waals surface area (Å²) in [6.45, 7) is 0. The van der Waals surface area contributed by atoms with E-state index in [4.69, 9.17) is 16.3 Å². The van der Waals surface area contributed by atoms with E-state index in [0.29, 0.717) is 41.9 Å². The summed E-state index contributed by atoms with van der Waals surface area (Å²) in [7, 11) is 0. The molecular formula is C31H25ClO3. The predicted octanol–water partition coefficient (Wildman–Crippen LogP) is 7.26. The van der Waals surface area contributed by atoms with Gasteiger partial charge < -0.3 is 4.74 Å². The molecule has 3 atom stereocenters. The Kier molecular flexibility index (Phi) is 5.66. The minimum atomic E-state index is -0.403. The molecule has 6 rings (SSSR count). The fourth-order valence-electron chi connectivity index (χ4n) is 5.83. The van der Waals surface area contributed by atoms with Crippen LogP contribution in [0.3, 0.4) is 0 Å². The van der Waals surface area contributed by atoms with Gasteiger partial charge in [0.05, 0.1) is 0 Å². The van der Waals surface area contributed by atoms with E-state index < -0.39 is 5.92 Å². The highest BCUT2D eigenvalue weighted by Crippen LogP contribution is 2.51. The second-order valence-electron chi connectivity index (χ2n) is 9.64. The van der Waals surface area contributed by atoms with Crippen LogP contribution in [0.4, 0.5) is 0 Å². The smallest absolute Gasteiger partial charge is 0.163 e. The lowest BCUT2D eigenvalue weighted by Crippen LogP contribution is -2.33. The maximum absolute atomic E-state index is 13.6. The molecule has 3 aromatic rings. The van der Waals surface area contributed by atoms with Gasteiger partial charge in [-0.2, -0.15) is 0 Å². The van der Waals surface area contributed by atoms with Crippen molar-refractivity contribution < 1.29 is 14.3 Å². The molecule has 0 saturated carbocycles. The van der Waals surface area contributed by atoms with Crippen molar-refractivity contribution in [1.29, 1.82) is 0 Å². The number of ketones is 2. The van der Waals surface area contributed by atoms with E-state index in [1.165, 1.54) is 0 Å². The van der Waals surface area contributed by atoms with Crippen LogP contribution in [0.25, 0.3) is 0 Å². The summed E-state index contributed by atoms with van der Waals surface area (Å²) in [6, 6.07) is 27.8. The van der Waals surface area contributed by atoms with Gasteiger partial charge in [-0.25, -0.2) is 0 Å². The van der Waals surface area contributed by atoms with Crippen molar-refractivity contribution in [3.05, 3.63) is 129 Å². The number of carbonyl (C=O) groups is 2. The number of hydrogen-bond acceptors (Lipinski definition) is 3. The molecule has 174 valence electrons. The van der Waals surface area contributed by atoms with Crippen molar-refractivity contribution in [2.24, 2.45) is 0 Å². The van der Waals surface area contributed by atoms with Gasteiger partial charge in [0.25, 0.3) is 0 Å². The molecule has 0 bridgehead atoms. The number of benzene rings is 3. The Labute approximate surface area is 210 Å². The van der Waals surface area contributed by atoms with Crippen molar-refractivity contribution in [3.63, 3.8) is 0 Å². The van der Waals surface area contributed by atoms with E-state index in [0.717, 1.165) is 28.2 Å². The van der Waals surface area contributed by atoms with Crippen molar-refractivity contribution in [3.8, 4) is 0 Å². The second-order valence-corrected chi connectivity index (χ2v) is 10.1. The summed E-state index contributed by atoms with van der Waals surface area (Å²) in [6.07, 6.45) is 2.13. The van der Waals surface area contributed by atoms with Crippen LogP contribution >= 0.6 is 11.6 Å². The predicted molar refractivity (Wildman–Crippen MR) is 136 cm³/mol. The highest BCUT2D eigenvalue weighted by Gasteiger charge is 2.45. The van der Waals surface area contributed by atoms with Crippen molar-refractivity contribution in [2.75, 3.05) is 0 Å². The van der Waals surface area contributed by atoms with Gasteiger partial charge >= 0.3 is 0 Å². The van der Waals surface area contributed by atoms with Crippen molar-refractivity contribution in [2.45, 2.75) is 43.4 Å². The molecule has 3 aromatic carbocycles. The fraction of sp³-hybridized carbons (Fsp3) is 0.226. The zero-order valence-corrected chi connectivity index (χ0v) is 20.0. The first-order valence-corrected chi connectivity index (χ1v) is 12.5. The molecule has 3 aliphatic rings. The standard InChI is InChI=1S/C31H25ClO3/c32-24-13-11-21(12-14-24)29-30-25(33)15-22(19-7-3-1-4-8-19)17-27(30)35-28-18-23(16-26(34)31(28)29)20-9-5-2-6-10-20/h1-14,22-23,29H,15-18H2/t22-,23+,29?. The first-order valence-electron chi connectivity index (χ1n) is 12.1. The molecule has 0 radical (unpaired) electrons. The summed E-state index contributed by atoms with van der Waals surface area (Å²) in [4.78, 5) is 27.3. The van der Waals surface area contributed by atoms with Gasteiger partial charge in [-0.3, -0.25) is 9.59 Å². The van der Waals surface area contributed by atoms with Crippen LogP contribution in [0.2, 0.25) is 5.02 Å². The minimum absolute atomic E-state index is 0.0598. The molecule has 0 saturated heterocycles. The maximum Gasteiger partial charge on any atom is 0.163 e. The van der Waals surface area contributed by atoms with E-state index in [1.807, 2.05) is 60.7 Å². The molecule has 1 heterocycles. The third-order valence-electron chi connectivity index (χ3n) is 7.50. The summed E-state index contributed by atoms with van der Waals surface area (Å²) in [5.74, 6) is 1.29. The van der Waals surface area contributed by atoms with Crippen LogP contribution < -0.4 is 0 Å². The first-order chi connectivity index (χ1) is 17.1. The summed E-state index contributed by atoms with van der Waals surface area (Å²) in [5.41, 5.74) is 4.48. The maximum atomic E-state index is 13.6.